The van der Waals surface area contributed by atoms with E-state index < -0.39 is 36.7 Å². The van der Waals surface area contributed by atoms with Gasteiger partial charge in [-0.05, 0) is 50.6 Å². The van der Waals surface area contributed by atoms with Crippen LogP contribution in [0.4, 0.5) is 11.5 Å². The summed E-state index contributed by atoms with van der Waals surface area (Å²) >= 11 is 0. The minimum Gasteiger partial charge on any atom is -0.353 e. The second-order valence-corrected chi connectivity index (χ2v) is 16.2. The van der Waals surface area contributed by atoms with Crippen molar-refractivity contribution in [3.05, 3.63) is 105 Å². The molecule has 49 heavy (non-hydrogen) atoms. The van der Waals surface area contributed by atoms with Crippen molar-refractivity contribution in [2.75, 3.05) is 31.1 Å². The fraction of sp³-hybridized carbons (Fsp3) is 0.294. The average Bonchev–Trinajstić information content (AvgIpc) is 3.45. The Morgan fingerprint density at radius 3 is 2.41 bits per heavy atom. The van der Waals surface area contributed by atoms with E-state index in [9.17, 15) is 26.9 Å². The Bertz CT molecular complexity index is 2340. The van der Waals surface area contributed by atoms with Gasteiger partial charge in [-0.3, -0.25) is 10.1 Å². The standard InChI is InChI=1S/C34H35N7O6S2/c1-22-11-13-25(14-12-22)48(44,45)40-20-23(2)32-26(7-6-9-30(32)40)33-36-28-15-16-35-19-27(28)34(37-33)38-17-18-39(24(3)21-38)49(46,47)31-10-5-4-8-29(31)41(42)43/h4-14,20,24,35H,15-19,21H2,1-3H3. The van der Waals surface area contributed by atoms with Crippen molar-refractivity contribution in [2.45, 2.75) is 49.6 Å². The topological polar surface area (TPSA) is 161 Å². The monoisotopic (exact) mass is 701 g/mol. The molecule has 0 radical (unpaired) electrons. The first-order chi connectivity index (χ1) is 23.4. The summed E-state index contributed by atoms with van der Waals surface area (Å²) in [6.07, 6.45) is 2.29. The molecule has 1 unspecified atom stereocenters. The largest absolute Gasteiger partial charge is 0.353 e. The SMILES string of the molecule is Cc1ccc(S(=O)(=O)n2cc(C)c3c(-c4nc5c(c(N6CCN(S(=O)(=O)c7ccccc7[N+](=O)[O-])C(C)C6)n4)CNCC5)cccc32)cc1. The number of nitro groups is 1. The summed E-state index contributed by atoms with van der Waals surface area (Å²) in [4.78, 5) is 23.0. The molecule has 1 fully saturated rings. The maximum atomic E-state index is 13.8. The number of nitro benzene ring substituents is 1. The van der Waals surface area contributed by atoms with Crippen LogP contribution in [0.2, 0.25) is 0 Å². The molecule has 2 aromatic heterocycles. The molecule has 2 aliphatic rings. The number of piperazine rings is 1. The number of aromatic nitrogens is 3. The van der Waals surface area contributed by atoms with Gasteiger partial charge in [-0.2, -0.15) is 4.31 Å². The van der Waals surface area contributed by atoms with Crippen LogP contribution >= 0.6 is 0 Å². The number of sulfonamides is 1. The van der Waals surface area contributed by atoms with E-state index in [0.717, 1.165) is 34.3 Å². The Balaban J connectivity index is 1.27. The van der Waals surface area contributed by atoms with E-state index in [0.29, 0.717) is 48.8 Å². The molecule has 13 nitrogen and oxygen atoms in total. The molecule has 0 spiro atoms. The number of para-hydroxylation sites is 1. The molecule has 1 saturated heterocycles. The molecule has 5 aromatic rings. The van der Waals surface area contributed by atoms with E-state index in [1.165, 1.54) is 32.5 Å². The van der Waals surface area contributed by atoms with Crippen LogP contribution in [0, 0.1) is 24.0 Å². The Morgan fingerprint density at radius 2 is 1.67 bits per heavy atom. The second-order valence-electron chi connectivity index (χ2n) is 12.5. The third-order valence-electron chi connectivity index (χ3n) is 9.23. The third-order valence-corrected chi connectivity index (χ3v) is 13.0. The number of hydrogen-bond acceptors (Lipinski definition) is 10. The van der Waals surface area contributed by atoms with Gasteiger partial charge in [-0.1, -0.05) is 42.0 Å². The Labute approximate surface area is 284 Å². The minimum absolute atomic E-state index is 0.103. The number of fused-ring (bicyclic) bond motifs is 2. The van der Waals surface area contributed by atoms with Crippen molar-refractivity contribution in [1.29, 1.82) is 0 Å². The van der Waals surface area contributed by atoms with Gasteiger partial charge in [-0.15, -0.1) is 0 Å². The number of hydrogen-bond donors (Lipinski definition) is 1. The molecule has 3 aromatic carbocycles. The van der Waals surface area contributed by atoms with Crippen LogP contribution < -0.4 is 10.2 Å². The quantitative estimate of drug-likeness (QED) is 0.190. The lowest BCUT2D eigenvalue weighted by Gasteiger charge is -2.40. The lowest BCUT2D eigenvalue weighted by atomic mass is 10.0. The molecule has 15 heteroatoms. The highest BCUT2D eigenvalue weighted by Gasteiger charge is 2.38. The van der Waals surface area contributed by atoms with E-state index in [1.807, 2.05) is 24.8 Å². The van der Waals surface area contributed by atoms with Gasteiger partial charge in [0.05, 0.1) is 21.0 Å². The summed E-state index contributed by atoms with van der Waals surface area (Å²) in [7, 11) is -8.04. The minimum atomic E-state index is -4.15. The van der Waals surface area contributed by atoms with E-state index in [2.05, 4.69) is 5.32 Å². The number of anilines is 1. The van der Waals surface area contributed by atoms with Crippen molar-refractivity contribution in [3.8, 4) is 11.4 Å². The maximum Gasteiger partial charge on any atom is 0.289 e. The van der Waals surface area contributed by atoms with Crippen molar-refractivity contribution in [3.63, 3.8) is 0 Å². The molecule has 0 aliphatic carbocycles. The van der Waals surface area contributed by atoms with E-state index in [1.54, 1.807) is 49.5 Å². The number of aryl methyl sites for hydroxylation is 2. The smallest absolute Gasteiger partial charge is 0.289 e. The second kappa shape index (κ2) is 12.3. The van der Waals surface area contributed by atoms with Gasteiger partial charge in [0.15, 0.2) is 10.7 Å². The predicted octanol–water partition coefficient (Wildman–Crippen LogP) is 4.41. The summed E-state index contributed by atoms with van der Waals surface area (Å²) in [5.74, 6) is 1.14. The zero-order valence-corrected chi connectivity index (χ0v) is 28.8. The first-order valence-electron chi connectivity index (χ1n) is 15.9. The molecule has 1 N–H and O–H groups in total. The maximum absolute atomic E-state index is 13.8. The average molecular weight is 702 g/mol. The lowest BCUT2D eigenvalue weighted by Crippen LogP contribution is -2.54. The molecular weight excluding hydrogens is 667 g/mol. The third kappa shape index (κ3) is 5.65. The van der Waals surface area contributed by atoms with Crippen LogP contribution in [0.25, 0.3) is 22.3 Å². The summed E-state index contributed by atoms with van der Waals surface area (Å²) < 4.78 is 57.6. The number of nitrogens with one attached hydrogen (secondary N) is 1. The Hall–Kier alpha value is -4.70. The summed E-state index contributed by atoms with van der Waals surface area (Å²) in [6, 6.07) is 17.1. The molecule has 0 bridgehead atoms. The van der Waals surface area contributed by atoms with Crippen LogP contribution in [0.1, 0.15) is 29.3 Å². The zero-order valence-electron chi connectivity index (χ0n) is 27.2. The first kappa shape index (κ1) is 32.8. The molecular formula is C34H35N7O6S2. The van der Waals surface area contributed by atoms with Gasteiger partial charge in [0, 0.05) is 74.0 Å². The van der Waals surface area contributed by atoms with Crippen molar-refractivity contribution in [2.24, 2.45) is 0 Å². The fourth-order valence-electron chi connectivity index (χ4n) is 6.81. The van der Waals surface area contributed by atoms with E-state index >= 15 is 0 Å². The number of benzene rings is 3. The van der Waals surface area contributed by atoms with Crippen LogP contribution in [0.15, 0.2) is 82.7 Å². The van der Waals surface area contributed by atoms with Crippen molar-refractivity contribution >= 4 is 42.5 Å². The molecule has 0 amide bonds. The predicted molar refractivity (Wildman–Crippen MR) is 186 cm³/mol. The number of nitrogens with zero attached hydrogens (tertiary/aromatic N) is 6. The van der Waals surface area contributed by atoms with Crippen LogP contribution in [-0.2, 0) is 33.0 Å². The van der Waals surface area contributed by atoms with Gasteiger partial charge in [0.25, 0.3) is 15.7 Å². The van der Waals surface area contributed by atoms with Gasteiger partial charge < -0.3 is 10.2 Å². The highest BCUT2D eigenvalue weighted by molar-refractivity contribution is 7.90. The van der Waals surface area contributed by atoms with Crippen molar-refractivity contribution < 1.29 is 21.8 Å². The molecule has 4 heterocycles. The molecule has 254 valence electrons. The fourth-order valence-corrected chi connectivity index (χ4v) is 9.99. The van der Waals surface area contributed by atoms with Crippen molar-refractivity contribution in [1.82, 2.24) is 23.6 Å². The van der Waals surface area contributed by atoms with Gasteiger partial charge >= 0.3 is 0 Å². The van der Waals surface area contributed by atoms with Gasteiger partial charge in [0.2, 0.25) is 10.0 Å². The lowest BCUT2D eigenvalue weighted by molar-refractivity contribution is -0.387. The molecule has 0 saturated carbocycles. The van der Waals surface area contributed by atoms with Gasteiger partial charge in [-0.25, -0.2) is 30.8 Å². The van der Waals surface area contributed by atoms with Gasteiger partial charge in [0.1, 0.15) is 5.82 Å². The van der Waals surface area contributed by atoms with E-state index in [4.69, 9.17) is 9.97 Å². The zero-order chi connectivity index (χ0) is 34.7. The van der Waals surface area contributed by atoms with Crippen LogP contribution in [0.5, 0.6) is 0 Å². The Morgan fingerprint density at radius 1 is 0.918 bits per heavy atom. The molecule has 1 atom stereocenters. The van der Waals surface area contributed by atoms with Crippen LogP contribution in [-0.4, -0.2) is 72.2 Å². The molecule has 2 aliphatic heterocycles. The summed E-state index contributed by atoms with van der Waals surface area (Å²) in [6.45, 7) is 7.55. The highest BCUT2D eigenvalue weighted by Crippen LogP contribution is 2.36. The van der Waals surface area contributed by atoms with E-state index in [-0.39, 0.29) is 16.3 Å². The Kier molecular flexibility index (Phi) is 8.25. The number of rotatable bonds is 7. The first-order valence-corrected chi connectivity index (χ1v) is 18.8. The summed E-state index contributed by atoms with van der Waals surface area (Å²) in [5.41, 5.74) is 4.28. The molecule has 7 rings (SSSR count). The summed E-state index contributed by atoms with van der Waals surface area (Å²) in [5, 5.41) is 15.8. The normalized spacial score (nSPS) is 17.3. The highest BCUT2D eigenvalue weighted by atomic mass is 32.2. The van der Waals surface area contributed by atoms with Crippen LogP contribution in [0.3, 0.4) is 0 Å².